The van der Waals surface area contributed by atoms with E-state index in [1.165, 1.54) is 0 Å². The summed E-state index contributed by atoms with van der Waals surface area (Å²) in [5, 5.41) is 0. The van der Waals surface area contributed by atoms with Crippen LogP contribution in [0.4, 0.5) is 0 Å². The smallest absolute Gasteiger partial charge is 0.119 e. The lowest BCUT2D eigenvalue weighted by atomic mass is 10.3. The SMILES string of the molecule is CCCCCO[P+](=O)OCCCCC. The fraction of sp³-hybridized carbons (Fsp3) is 1.00. The molecule has 3 nitrogen and oxygen atoms in total. The summed E-state index contributed by atoms with van der Waals surface area (Å²) in [4.78, 5) is 0. The van der Waals surface area contributed by atoms with Gasteiger partial charge in [-0.1, -0.05) is 39.5 Å². The van der Waals surface area contributed by atoms with Crippen molar-refractivity contribution in [3.63, 3.8) is 0 Å². The highest BCUT2D eigenvalue weighted by Crippen LogP contribution is 2.24. The predicted molar refractivity (Wildman–Crippen MR) is 58.6 cm³/mol. The van der Waals surface area contributed by atoms with E-state index in [0.717, 1.165) is 38.5 Å². The van der Waals surface area contributed by atoms with Crippen LogP contribution in [-0.4, -0.2) is 13.2 Å². The molecule has 0 spiro atoms. The van der Waals surface area contributed by atoms with Crippen molar-refractivity contribution in [1.82, 2.24) is 0 Å². The summed E-state index contributed by atoms with van der Waals surface area (Å²) in [6.07, 6.45) is 6.48. The van der Waals surface area contributed by atoms with Crippen LogP contribution in [0, 0.1) is 0 Å². The van der Waals surface area contributed by atoms with Crippen molar-refractivity contribution in [2.75, 3.05) is 13.2 Å². The zero-order valence-corrected chi connectivity index (χ0v) is 10.2. The lowest BCUT2D eigenvalue weighted by molar-refractivity contribution is 0.219. The molecule has 0 rings (SSSR count). The second-order valence-electron chi connectivity index (χ2n) is 3.30. The number of hydrogen-bond acceptors (Lipinski definition) is 3. The largest absolute Gasteiger partial charge is 0.697 e. The first-order valence-corrected chi connectivity index (χ1v) is 6.63. The standard InChI is InChI=1S/C10H22O3P/c1-3-5-7-9-12-14(11)13-10-8-6-4-2/h3-10H2,1-2H3/q+1. The average molecular weight is 221 g/mol. The van der Waals surface area contributed by atoms with Crippen LogP contribution in [-0.2, 0) is 13.6 Å². The molecular weight excluding hydrogens is 199 g/mol. The van der Waals surface area contributed by atoms with Crippen LogP contribution >= 0.6 is 8.25 Å². The molecule has 0 aliphatic rings. The third-order valence-electron chi connectivity index (χ3n) is 1.89. The fourth-order valence-electron chi connectivity index (χ4n) is 1.02. The second-order valence-corrected chi connectivity index (χ2v) is 4.27. The maximum absolute atomic E-state index is 11.1. The van der Waals surface area contributed by atoms with Crippen molar-refractivity contribution in [2.45, 2.75) is 52.4 Å². The van der Waals surface area contributed by atoms with Crippen LogP contribution < -0.4 is 0 Å². The van der Waals surface area contributed by atoms with Crippen molar-refractivity contribution >= 4 is 8.25 Å². The van der Waals surface area contributed by atoms with Gasteiger partial charge in [0.2, 0.25) is 0 Å². The Morgan fingerprint density at radius 1 is 0.857 bits per heavy atom. The van der Waals surface area contributed by atoms with Crippen LogP contribution in [0.2, 0.25) is 0 Å². The van der Waals surface area contributed by atoms with Gasteiger partial charge in [0.25, 0.3) is 0 Å². The highest BCUT2D eigenvalue weighted by Gasteiger charge is 2.18. The molecule has 0 atom stereocenters. The monoisotopic (exact) mass is 221 g/mol. The van der Waals surface area contributed by atoms with Crippen molar-refractivity contribution in [2.24, 2.45) is 0 Å². The Morgan fingerprint density at radius 3 is 1.64 bits per heavy atom. The number of hydrogen-bond donors (Lipinski definition) is 0. The average Bonchev–Trinajstić information content (AvgIpc) is 2.19. The molecule has 4 heteroatoms. The van der Waals surface area contributed by atoms with Crippen molar-refractivity contribution in [1.29, 1.82) is 0 Å². The molecule has 0 saturated heterocycles. The number of unbranched alkanes of at least 4 members (excludes halogenated alkanes) is 4. The molecule has 0 amide bonds. The lowest BCUT2D eigenvalue weighted by Crippen LogP contribution is -1.91. The van der Waals surface area contributed by atoms with Gasteiger partial charge in [-0.25, -0.2) is 0 Å². The molecule has 0 N–H and O–H groups in total. The van der Waals surface area contributed by atoms with Crippen LogP contribution in [0.25, 0.3) is 0 Å². The third kappa shape index (κ3) is 10.1. The summed E-state index contributed by atoms with van der Waals surface area (Å²) in [7, 11) is -1.86. The first-order valence-electron chi connectivity index (χ1n) is 5.54. The highest BCUT2D eigenvalue weighted by molar-refractivity contribution is 7.33. The van der Waals surface area contributed by atoms with Gasteiger partial charge in [0, 0.05) is 4.57 Å². The molecule has 0 heterocycles. The topological polar surface area (TPSA) is 35.5 Å². The molecule has 0 aromatic heterocycles. The van der Waals surface area contributed by atoms with E-state index in [0.29, 0.717) is 13.2 Å². The fourth-order valence-corrected chi connectivity index (χ4v) is 1.65. The minimum absolute atomic E-state index is 0.552. The highest BCUT2D eigenvalue weighted by atomic mass is 31.1. The van der Waals surface area contributed by atoms with Gasteiger partial charge >= 0.3 is 8.25 Å². The van der Waals surface area contributed by atoms with E-state index in [2.05, 4.69) is 13.8 Å². The summed E-state index contributed by atoms with van der Waals surface area (Å²) in [6.45, 7) is 5.36. The first-order chi connectivity index (χ1) is 6.81. The Balaban J connectivity index is 3.11. The van der Waals surface area contributed by atoms with Gasteiger partial charge in [-0.05, 0) is 12.8 Å². The first kappa shape index (κ1) is 14.0. The van der Waals surface area contributed by atoms with Crippen LogP contribution in [0.3, 0.4) is 0 Å². The van der Waals surface area contributed by atoms with Crippen LogP contribution in [0.1, 0.15) is 52.4 Å². The molecule has 0 saturated carbocycles. The van der Waals surface area contributed by atoms with Gasteiger partial charge in [0.1, 0.15) is 13.2 Å². The van der Waals surface area contributed by atoms with E-state index in [9.17, 15) is 4.57 Å². The van der Waals surface area contributed by atoms with E-state index < -0.39 is 8.25 Å². The van der Waals surface area contributed by atoms with E-state index in [-0.39, 0.29) is 0 Å². The van der Waals surface area contributed by atoms with E-state index in [1.807, 2.05) is 0 Å². The third-order valence-corrected chi connectivity index (χ3v) is 2.68. The van der Waals surface area contributed by atoms with E-state index in [4.69, 9.17) is 9.05 Å². The van der Waals surface area contributed by atoms with Crippen molar-refractivity contribution in [3.05, 3.63) is 0 Å². The molecule has 0 aliphatic heterocycles. The zero-order chi connectivity index (χ0) is 10.6. The molecule has 14 heavy (non-hydrogen) atoms. The summed E-state index contributed by atoms with van der Waals surface area (Å²) >= 11 is 0. The molecule has 0 aromatic rings. The van der Waals surface area contributed by atoms with Gasteiger partial charge < -0.3 is 0 Å². The molecular formula is C10H22O3P+. The predicted octanol–water partition coefficient (Wildman–Crippen LogP) is 4.06. The molecule has 0 radical (unpaired) electrons. The molecule has 0 aromatic carbocycles. The van der Waals surface area contributed by atoms with Crippen LogP contribution in [0.5, 0.6) is 0 Å². The second kappa shape index (κ2) is 11.1. The van der Waals surface area contributed by atoms with Gasteiger partial charge in [0.15, 0.2) is 0 Å². The van der Waals surface area contributed by atoms with Gasteiger partial charge in [-0.15, -0.1) is 9.05 Å². The minimum Gasteiger partial charge on any atom is -0.119 e. The normalized spacial score (nSPS) is 10.4. The summed E-state index contributed by atoms with van der Waals surface area (Å²) in [5.74, 6) is 0. The Morgan fingerprint density at radius 2 is 1.29 bits per heavy atom. The lowest BCUT2D eigenvalue weighted by Gasteiger charge is -1.92. The Kier molecular flexibility index (Phi) is 11.1. The molecule has 84 valence electrons. The summed E-state index contributed by atoms with van der Waals surface area (Å²) in [5.41, 5.74) is 0. The van der Waals surface area contributed by atoms with Crippen molar-refractivity contribution in [3.8, 4) is 0 Å². The maximum atomic E-state index is 11.1. The van der Waals surface area contributed by atoms with Gasteiger partial charge in [-0.2, -0.15) is 0 Å². The van der Waals surface area contributed by atoms with Crippen LogP contribution in [0.15, 0.2) is 0 Å². The summed E-state index contributed by atoms with van der Waals surface area (Å²) in [6, 6.07) is 0. The Hall–Kier alpha value is 0.0200. The molecule has 0 unspecified atom stereocenters. The van der Waals surface area contributed by atoms with E-state index >= 15 is 0 Å². The molecule has 0 bridgehead atoms. The van der Waals surface area contributed by atoms with Gasteiger partial charge in [0.05, 0.1) is 0 Å². The van der Waals surface area contributed by atoms with E-state index in [1.54, 1.807) is 0 Å². The van der Waals surface area contributed by atoms with Gasteiger partial charge in [-0.3, -0.25) is 0 Å². The zero-order valence-electron chi connectivity index (χ0n) is 9.33. The molecule has 0 aliphatic carbocycles. The summed E-state index contributed by atoms with van der Waals surface area (Å²) < 4.78 is 21.1. The van der Waals surface area contributed by atoms with Crippen molar-refractivity contribution < 1.29 is 13.6 Å². The quantitative estimate of drug-likeness (QED) is 0.412. The maximum Gasteiger partial charge on any atom is 0.697 e. The Labute approximate surface area is 88.1 Å². The Bertz CT molecular complexity index is 125. The number of rotatable bonds is 10. The molecule has 0 fully saturated rings. The minimum atomic E-state index is -1.86.